The molecule has 2 aromatic carbocycles. The van der Waals surface area contributed by atoms with Crippen LogP contribution in [0.15, 0.2) is 76.7 Å². The number of hydrogen-bond acceptors (Lipinski definition) is 4. The Hall–Kier alpha value is -1.80. The van der Waals surface area contributed by atoms with Crippen LogP contribution in [0.1, 0.15) is 43.3 Å². The summed E-state index contributed by atoms with van der Waals surface area (Å²) >= 11 is 7.12. The van der Waals surface area contributed by atoms with Gasteiger partial charge in [-0.1, -0.05) is 56.3 Å². The molecular weight excluding hydrogens is 599 g/mol. The van der Waals surface area contributed by atoms with E-state index in [-0.39, 0.29) is 6.04 Å². The third kappa shape index (κ3) is 6.65. The zero-order chi connectivity index (χ0) is 24.7. The van der Waals surface area contributed by atoms with Gasteiger partial charge in [0.25, 0.3) is 0 Å². The van der Waals surface area contributed by atoms with Crippen LogP contribution in [-0.2, 0) is 11.1 Å². The number of aryl methyl sites for hydroxylation is 2. The van der Waals surface area contributed by atoms with Crippen LogP contribution in [0.25, 0.3) is 0 Å². The molecule has 0 amide bonds. The van der Waals surface area contributed by atoms with E-state index in [0.717, 1.165) is 52.0 Å². The first-order valence-electron chi connectivity index (χ1n) is 11.2. The second kappa shape index (κ2) is 12.8. The van der Waals surface area contributed by atoms with Gasteiger partial charge in [-0.15, -0.1) is 0 Å². The van der Waals surface area contributed by atoms with Gasteiger partial charge < -0.3 is 4.90 Å². The molecule has 1 aliphatic rings. The molecule has 1 atom stereocenters. The Morgan fingerprint density at radius 2 is 1.59 bits per heavy atom. The molecule has 0 fully saturated rings. The van der Waals surface area contributed by atoms with Gasteiger partial charge in [0, 0.05) is 12.2 Å². The molecule has 0 radical (unpaired) electrons. The maximum absolute atomic E-state index is 5.07. The first-order valence-corrected chi connectivity index (χ1v) is 16.3. The minimum atomic E-state index is 0.255. The van der Waals surface area contributed by atoms with Crippen molar-refractivity contribution in [2.45, 2.75) is 40.7 Å². The van der Waals surface area contributed by atoms with E-state index in [2.05, 4.69) is 109 Å². The van der Waals surface area contributed by atoms with Crippen LogP contribution in [0, 0.1) is 19.8 Å². The van der Waals surface area contributed by atoms with Gasteiger partial charge in [0.2, 0.25) is 0 Å². The van der Waals surface area contributed by atoms with Crippen molar-refractivity contribution in [3.8, 4) is 0 Å². The van der Waals surface area contributed by atoms with Crippen LogP contribution in [0.3, 0.4) is 0 Å². The summed E-state index contributed by atoms with van der Waals surface area (Å²) in [6, 6.07) is 23.1. The summed E-state index contributed by atoms with van der Waals surface area (Å²) in [4.78, 5) is 17.2. The second-order valence-corrected chi connectivity index (χ2v) is 13.9. The van der Waals surface area contributed by atoms with Gasteiger partial charge in [0.05, 0.1) is 23.1 Å². The molecule has 3 aromatic rings. The molecule has 0 N–H and O–H groups in total. The summed E-state index contributed by atoms with van der Waals surface area (Å²) in [6.45, 7) is 11.6. The van der Waals surface area contributed by atoms with Crippen LogP contribution in [-0.4, -0.2) is 29.1 Å². The Bertz CT molecular complexity index is 1140. The van der Waals surface area contributed by atoms with E-state index in [1.165, 1.54) is 11.1 Å². The van der Waals surface area contributed by atoms with Crippen molar-refractivity contribution in [1.82, 2.24) is 4.98 Å². The van der Waals surface area contributed by atoms with Crippen LogP contribution in [0.4, 0.5) is 11.4 Å². The third-order valence-electron chi connectivity index (χ3n) is 5.82. The van der Waals surface area contributed by atoms with Crippen molar-refractivity contribution in [2.75, 3.05) is 11.4 Å². The van der Waals surface area contributed by atoms with E-state index in [0.29, 0.717) is 5.92 Å². The van der Waals surface area contributed by atoms with E-state index in [1.807, 2.05) is 25.1 Å². The molecule has 0 saturated heterocycles. The predicted octanol–water partition coefficient (Wildman–Crippen LogP) is 7.82. The van der Waals surface area contributed by atoms with Gasteiger partial charge in [-0.3, -0.25) is 9.98 Å². The van der Waals surface area contributed by atoms with E-state index in [1.54, 1.807) is 0 Å². The van der Waals surface area contributed by atoms with Crippen LogP contribution in [0.2, 0.25) is 0 Å². The predicted molar refractivity (Wildman–Crippen MR) is 149 cm³/mol. The minimum absolute atomic E-state index is 0.255. The molecule has 0 saturated carbocycles. The molecular formula is C27H30Br2CoN4. The number of benzene rings is 2. The fourth-order valence-electron chi connectivity index (χ4n) is 3.91. The molecule has 4 rings (SSSR count). The van der Waals surface area contributed by atoms with Gasteiger partial charge in [0.1, 0.15) is 5.69 Å². The summed E-state index contributed by atoms with van der Waals surface area (Å²) in [7, 11) is 0. The average molecular weight is 629 g/mol. The van der Waals surface area contributed by atoms with E-state index < -0.39 is 0 Å². The first-order chi connectivity index (χ1) is 16.3. The van der Waals surface area contributed by atoms with Crippen LogP contribution < -0.4 is 4.90 Å². The number of hydrogen-bond donors (Lipinski definition) is 0. The Labute approximate surface area is 223 Å². The Kier molecular flexibility index (Phi) is 10.1. The van der Waals surface area contributed by atoms with Crippen molar-refractivity contribution < 1.29 is 11.1 Å². The van der Waals surface area contributed by atoms with Crippen molar-refractivity contribution in [3.05, 3.63) is 89.2 Å². The van der Waals surface area contributed by atoms with Crippen molar-refractivity contribution in [1.29, 1.82) is 0 Å². The van der Waals surface area contributed by atoms with Crippen molar-refractivity contribution in [3.63, 3.8) is 0 Å². The number of amidine groups is 1. The molecule has 34 heavy (non-hydrogen) atoms. The summed E-state index contributed by atoms with van der Waals surface area (Å²) in [6.07, 6.45) is 0. The number of para-hydroxylation sites is 2. The van der Waals surface area contributed by atoms with E-state index in [4.69, 9.17) is 15.0 Å². The number of rotatable bonds is 5. The van der Waals surface area contributed by atoms with Crippen LogP contribution in [0.5, 0.6) is 0 Å². The zero-order valence-electron chi connectivity index (χ0n) is 20.1. The quantitative estimate of drug-likeness (QED) is 0.270. The molecule has 0 bridgehead atoms. The monoisotopic (exact) mass is 627 g/mol. The molecule has 0 unspecified atom stereocenters. The van der Waals surface area contributed by atoms with E-state index >= 15 is 0 Å². The Morgan fingerprint density at radius 1 is 0.971 bits per heavy atom. The summed E-state index contributed by atoms with van der Waals surface area (Å²) < 4.78 is 0. The third-order valence-corrected chi connectivity index (χ3v) is 5.82. The van der Waals surface area contributed by atoms with Crippen molar-refractivity contribution in [2.24, 2.45) is 15.9 Å². The molecule has 0 spiro atoms. The Morgan fingerprint density at radius 3 is 2.21 bits per heavy atom. The fourth-order valence-corrected chi connectivity index (χ4v) is 3.91. The molecule has 7 heteroatoms. The first kappa shape index (κ1) is 26.8. The van der Waals surface area contributed by atoms with Gasteiger partial charge in [0.15, 0.2) is 5.84 Å². The average Bonchev–Trinajstić information content (AvgIpc) is 3.29. The van der Waals surface area contributed by atoms with Gasteiger partial charge >= 0.3 is 39.5 Å². The van der Waals surface area contributed by atoms with E-state index in [9.17, 15) is 0 Å². The summed E-state index contributed by atoms with van der Waals surface area (Å²) in [5.74, 6) is 1.41. The number of aromatic nitrogens is 1. The topological polar surface area (TPSA) is 40.9 Å². The molecule has 181 valence electrons. The van der Waals surface area contributed by atoms with Gasteiger partial charge in [-0.2, -0.15) is 0 Å². The number of nitrogens with zero attached hydrogens (tertiary/aromatic N) is 4. The molecule has 1 aliphatic heterocycles. The normalized spacial score (nSPS) is 15.9. The summed E-state index contributed by atoms with van der Waals surface area (Å²) in [5, 5.41) is 0. The molecule has 0 aliphatic carbocycles. The summed E-state index contributed by atoms with van der Waals surface area (Å²) in [5.41, 5.74) is 7.19. The number of pyridine rings is 1. The van der Waals surface area contributed by atoms with Crippen molar-refractivity contribution >= 4 is 51.3 Å². The fraction of sp³-hybridized carbons (Fsp3) is 0.296. The maximum atomic E-state index is 5.07. The zero-order valence-corrected chi connectivity index (χ0v) is 24.3. The van der Waals surface area contributed by atoms with Crippen LogP contribution >= 0.6 is 28.3 Å². The standard InChI is InChI=1S/C27H30N4.2BrH.Co/c1-18(2)25-17-31(22-13-7-6-8-14-22)27(30-25)24-16-10-15-23(29-24)21(5)28-26-19(3)11-9-12-20(26)4;;;/h6-16,18,25H,17H2,1-5H3;2*1H;/q;;;+2/p-2/t25-;;;/m1.../s1. The molecule has 2 heterocycles. The number of aliphatic imine (C=N–C) groups is 2. The Balaban J connectivity index is 0.00000103. The second-order valence-electron chi connectivity index (χ2n) is 8.60. The molecule has 4 nitrogen and oxygen atoms in total. The van der Waals surface area contributed by atoms with Gasteiger partial charge in [-0.05, 0) is 62.1 Å². The number of halogens is 2. The van der Waals surface area contributed by atoms with Gasteiger partial charge in [-0.25, -0.2) is 4.98 Å². The SMILES string of the molecule is CC(=Nc1c(C)cccc1C)c1cccc(C2=N[C@@H](C(C)C)CN2c2ccccc2)n1.[Br][Co][Br]. The molecule has 1 aromatic heterocycles. The number of anilines is 1.